The second-order valence-corrected chi connectivity index (χ2v) is 5.75. The van der Waals surface area contributed by atoms with E-state index in [9.17, 15) is 4.39 Å². The lowest BCUT2D eigenvalue weighted by Gasteiger charge is -2.40. The molecule has 0 aliphatic heterocycles. The second kappa shape index (κ2) is 5.83. The van der Waals surface area contributed by atoms with Crippen molar-refractivity contribution >= 4 is 0 Å². The predicted molar refractivity (Wildman–Crippen MR) is 74.3 cm³/mol. The maximum absolute atomic E-state index is 13.1. The lowest BCUT2D eigenvalue weighted by atomic mass is 9.67. The van der Waals surface area contributed by atoms with E-state index in [0.717, 1.165) is 19.0 Å². The molecule has 1 aromatic rings. The number of halogens is 1. The van der Waals surface area contributed by atoms with E-state index in [1.54, 1.807) is 12.1 Å². The first-order chi connectivity index (χ1) is 8.66. The second-order valence-electron chi connectivity index (χ2n) is 5.75. The van der Waals surface area contributed by atoms with Gasteiger partial charge in [0.15, 0.2) is 0 Å². The molecule has 0 aromatic heterocycles. The number of benzene rings is 1. The number of hydrogen-bond acceptors (Lipinski definition) is 1. The maximum atomic E-state index is 13.1. The molecular weight excluding hydrogens is 225 g/mol. The molecule has 18 heavy (non-hydrogen) atoms. The summed E-state index contributed by atoms with van der Waals surface area (Å²) >= 11 is 0. The zero-order valence-corrected chi connectivity index (χ0v) is 11.5. The highest BCUT2D eigenvalue weighted by Crippen LogP contribution is 2.41. The first-order valence-electron chi connectivity index (χ1n) is 7.13. The van der Waals surface area contributed by atoms with Crippen LogP contribution >= 0.6 is 0 Å². The van der Waals surface area contributed by atoms with Crippen molar-refractivity contribution in [1.82, 2.24) is 5.32 Å². The van der Waals surface area contributed by atoms with E-state index < -0.39 is 0 Å². The van der Waals surface area contributed by atoms with Crippen molar-refractivity contribution in [2.45, 2.75) is 44.9 Å². The topological polar surface area (TPSA) is 12.0 Å². The van der Waals surface area contributed by atoms with Crippen LogP contribution < -0.4 is 5.32 Å². The molecule has 2 rings (SSSR count). The van der Waals surface area contributed by atoms with Gasteiger partial charge in [0.1, 0.15) is 5.82 Å². The van der Waals surface area contributed by atoms with E-state index in [-0.39, 0.29) is 11.2 Å². The average Bonchev–Trinajstić information content (AvgIpc) is 2.40. The monoisotopic (exact) mass is 249 g/mol. The van der Waals surface area contributed by atoms with E-state index in [1.165, 1.54) is 31.2 Å². The van der Waals surface area contributed by atoms with Gasteiger partial charge in [-0.05, 0) is 55.8 Å². The Bertz CT molecular complexity index is 358. The largest absolute Gasteiger partial charge is 0.316 e. The Hall–Kier alpha value is -0.890. The fraction of sp³-hybridized carbons (Fsp3) is 0.625. The van der Waals surface area contributed by atoms with Gasteiger partial charge in [0.2, 0.25) is 0 Å². The van der Waals surface area contributed by atoms with Crippen LogP contribution in [0.5, 0.6) is 0 Å². The normalized spacial score (nSPS) is 28.3. The Balaban J connectivity index is 2.21. The van der Waals surface area contributed by atoms with Gasteiger partial charge in [0, 0.05) is 12.0 Å². The molecule has 1 aliphatic rings. The number of rotatable bonds is 4. The van der Waals surface area contributed by atoms with Crippen molar-refractivity contribution < 1.29 is 4.39 Å². The van der Waals surface area contributed by atoms with Crippen molar-refractivity contribution in [3.05, 3.63) is 35.6 Å². The van der Waals surface area contributed by atoms with Crippen LogP contribution in [0, 0.1) is 11.7 Å². The molecule has 0 saturated heterocycles. The average molecular weight is 249 g/mol. The molecule has 0 spiro atoms. The van der Waals surface area contributed by atoms with Crippen LogP contribution in [0.3, 0.4) is 0 Å². The van der Waals surface area contributed by atoms with Crippen LogP contribution in [0.25, 0.3) is 0 Å². The molecule has 2 heteroatoms. The van der Waals surface area contributed by atoms with Crippen LogP contribution in [0.15, 0.2) is 24.3 Å². The van der Waals surface area contributed by atoms with E-state index in [0.29, 0.717) is 0 Å². The van der Waals surface area contributed by atoms with Gasteiger partial charge in [-0.15, -0.1) is 0 Å². The van der Waals surface area contributed by atoms with Crippen molar-refractivity contribution in [1.29, 1.82) is 0 Å². The number of nitrogens with one attached hydrogen (secondary N) is 1. The molecule has 0 unspecified atom stereocenters. The van der Waals surface area contributed by atoms with Crippen LogP contribution in [0.1, 0.15) is 45.1 Å². The van der Waals surface area contributed by atoms with Crippen molar-refractivity contribution in [2.75, 3.05) is 13.1 Å². The Labute approximate surface area is 110 Å². The Morgan fingerprint density at radius 2 is 1.83 bits per heavy atom. The minimum atomic E-state index is -0.137. The molecule has 1 saturated carbocycles. The summed E-state index contributed by atoms with van der Waals surface area (Å²) in [4.78, 5) is 0. The third kappa shape index (κ3) is 2.92. The van der Waals surface area contributed by atoms with E-state index in [2.05, 4.69) is 19.2 Å². The molecular formula is C16H24FN. The minimum absolute atomic E-state index is 0.137. The van der Waals surface area contributed by atoms with Gasteiger partial charge in [0.25, 0.3) is 0 Å². The summed E-state index contributed by atoms with van der Waals surface area (Å²) in [5.41, 5.74) is 1.52. The highest BCUT2D eigenvalue weighted by molar-refractivity contribution is 5.27. The smallest absolute Gasteiger partial charge is 0.123 e. The summed E-state index contributed by atoms with van der Waals surface area (Å²) in [6, 6.07) is 7.15. The van der Waals surface area contributed by atoms with Crippen LogP contribution in [0.2, 0.25) is 0 Å². The zero-order valence-electron chi connectivity index (χ0n) is 11.5. The Kier molecular flexibility index (Phi) is 4.39. The van der Waals surface area contributed by atoms with Gasteiger partial charge in [0.05, 0.1) is 0 Å². The molecule has 0 heterocycles. The van der Waals surface area contributed by atoms with E-state index >= 15 is 0 Å². The summed E-state index contributed by atoms with van der Waals surface area (Å²) in [5.74, 6) is 0.696. The lowest BCUT2D eigenvalue weighted by molar-refractivity contribution is 0.234. The van der Waals surface area contributed by atoms with E-state index in [1.807, 2.05) is 12.1 Å². The van der Waals surface area contributed by atoms with Crippen LogP contribution in [0.4, 0.5) is 4.39 Å². The fourth-order valence-electron chi connectivity index (χ4n) is 3.05. The molecule has 1 aromatic carbocycles. The van der Waals surface area contributed by atoms with Gasteiger partial charge in [-0.1, -0.05) is 26.0 Å². The van der Waals surface area contributed by atoms with Gasteiger partial charge >= 0.3 is 0 Å². The van der Waals surface area contributed by atoms with Gasteiger partial charge < -0.3 is 5.32 Å². The summed E-state index contributed by atoms with van der Waals surface area (Å²) in [7, 11) is 0. The molecule has 1 N–H and O–H groups in total. The summed E-state index contributed by atoms with van der Waals surface area (Å²) < 4.78 is 13.1. The van der Waals surface area contributed by atoms with E-state index in [4.69, 9.17) is 0 Å². The molecule has 0 radical (unpaired) electrons. The zero-order chi connectivity index (χ0) is 13.0. The van der Waals surface area contributed by atoms with Crippen molar-refractivity contribution in [3.8, 4) is 0 Å². The molecule has 1 nitrogen and oxygen atoms in total. The summed E-state index contributed by atoms with van der Waals surface area (Å²) in [6.45, 7) is 6.49. The highest BCUT2D eigenvalue weighted by Gasteiger charge is 2.35. The van der Waals surface area contributed by atoms with Crippen LogP contribution in [-0.4, -0.2) is 13.1 Å². The van der Waals surface area contributed by atoms with Gasteiger partial charge in [-0.25, -0.2) is 4.39 Å². The van der Waals surface area contributed by atoms with Crippen molar-refractivity contribution in [3.63, 3.8) is 0 Å². The maximum Gasteiger partial charge on any atom is 0.123 e. The third-order valence-electron chi connectivity index (χ3n) is 4.40. The van der Waals surface area contributed by atoms with Crippen LogP contribution in [-0.2, 0) is 5.41 Å². The predicted octanol–water partition coefficient (Wildman–Crippen LogP) is 3.88. The quantitative estimate of drug-likeness (QED) is 0.854. The molecule has 0 atom stereocenters. The van der Waals surface area contributed by atoms with Crippen molar-refractivity contribution in [2.24, 2.45) is 5.92 Å². The van der Waals surface area contributed by atoms with Gasteiger partial charge in [-0.2, -0.15) is 0 Å². The minimum Gasteiger partial charge on any atom is -0.316 e. The Morgan fingerprint density at radius 3 is 2.39 bits per heavy atom. The number of hydrogen-bond donors (Lipinski definition) is 1. The molecule has 100 valence electrons. The first kappa shape index (κ1) is 13.5. The molecule has 1 fully saturated rings. The highest BCUT2D eigenvalue weighted by atomic mass is 19.1. The Morgan fingerprint density at radius 1 is 1.22 bits per heavy atom. The standard InChI is InChI=1S/C16H24FN/c1-3-18-12-16(10-8-13(2)9-11-16)14-4-6-15(17)7-5-14/h4-7,13,18H,3,8-12H2,1-2H3. The first-order valence-corrected chi connectivity index (χ1v) is 7.13. The fourth-order valence-corrected chi connectivity index (χ4v) is 3.05. The summed E-state index contributed by atoms with van der Waals surface area (Å²) in [5, 5.41) is 3.49. The third-order valence-corrected chi connectivity index (χ3v) is 4.40. The molecule has 1 aliphatic carbocycles. The SMILES string of the molecule is CCNCC1(c2ccc(F)cc2)CCC(C)CC1. The van der Waals surface area contributed by atoms with Gasteiger partial charge in [-0.3, -0.25) is 0 Å². The summed E-state index contributed by atoms with van der Waals surface area (Å²) in [6.07, 6.45) is 4.99. The lowest BCUT2D eigenvalue weighted by Crippen LogP contribution is -2.41. The molecule has 0 amide bonds. The molecule has 0 bridgehead atoms. The number of likely N-dealkylation sites (N-methyl/N-ethyl adjacent to an activating group) is 1.